The minimum Gasteiger partial charge on any atom is -0.459 e. The van der Waals surface area contributed by atoms with E-state index in [1.807, 2.05) is 6.92 Å². The van der Waals surface area contributed by atoms with Crippen LogP contribution >= 0.6 is 0 Å². The lowest BCUT2D eigenvalue weighted by Crippen LogP contribution is -2.49. The molecule has 0 aliphatic heterocycles. The number of carbonyl (C=O) groups excluding carboxylic acids is 4. The lowest BCUT2D eigenvalue weighted by molar-refractivity contribution is -0.162. The normalized spacial score (nSPS) is 45.5. The standard InChI is InChI=1S/C31H48N2O8/c1-15(32)30(11-25(38-16(2)34)26(12-30)39-17(3)35)21-7-6-20(8-21)23-9-22-10-24(23)29(33)31(22)13-27(40-18(4)36)28(14-31)41-19(5)37/h15,20-29H,6-14,32-33H2,1-5H3/t15?,20?,21?,22-,23?,24-,25-,26?,27+,28?,29+,30?,31?/m1/s1. The van der Waals surface area contributed by atoms with E-state index in [9.17, 15) is 19.2 Å². The molecule has 4 N–H and O–H groups in total. The van der Waals surface area contributed by atoms with Crippen molar-refractivity contribution in [3.05, 3.63) is 0 Å². The molecule has 5 aliphatic rings. The van der Waals surface area contributed by atoms with Gasteiger partial charge in [0.2, 0.25) is 0 Å². The Morgan fingerprint density at radius 3 is 1.51 bits per heavy atom. The lowest BCUT2D eigenvalue weighted by Gasteiger charge is -2.44. The molecule has 0 saturated heterocycles. The summed E-state index contributed by atoms with van der Waals surface area (Å²) in [6.07, 6.45) is 6.01. The Kier molecular flexibility index (Phi) is 8.22. The van der Waals surface area contributed by atoms with E-state index in [0.29, 0.717) is 55.3 Å². The molecule has 5 fully saturated rings. The van der Waals surface area contributed by atoms with Crippen LogP contribution < -0.4 is 11.5 Å². The van der Waals surface area contributed by atoms with E-state index in [-0.39, 0.29) is 46.8 Å². The molecule has 5 saturated carbocycles. The predicted octanol–water partition coefficient (Wildman–Crippen LogP) is 3.02. The van der Waals surface area contributed by atoms with Gasteiger partial charge in [0.25, 0.3) is 0 Å². The van der Waals surface area contributed by atoms with Crippen molar-refractivity contribution in [2.24, 2.45) is 51.9 Å². The average molecular weight is 577 g/mol. The number of rotatable bonds is 7. The van der Waals surface area contributed by atoms with Gasteiger partial charge in [0.1, 0.15) is 24.4 Å². The maximum absolute atomic E-state index is 11.9. The molecule has 10 nitrogen and oxygen atoms in total. The monoisotopic (exact) mass is 576 g/mol. The van der Waals surface area contributed by atoms with Crippen molar-refractivity contribution < 1.29 is 38.1 Å². The number of carbonyl (C=O) groups is 4. The van der Waals surface area contributed by atoms with E-state index in [1.54, 1.807) is 0 Å². The summed E-state index contributed by atoms with van der Waals surface area (Å²) in [5.74, 6) is 0.727. The van der Waals surface area contributed by atoms with E-state index < -0.39 is 24.4 Å². The molecule has 0 aromatic heterocycles. The minimum atomic E-state index is -0.477. The molecular formula is C31H48N2O8. The predicted molar refractivity (Wildman–Crippen MR) is 148 cm³/mol. The first-order chi connectivity index (χ1) is 19.3. The second-order valence-corrected chi connectivity index (χ2v) is 14.0. The molecule has 0 aromatic carbocycles. The van der Waals surface area contributed by atoms with Crippen LogP contribution in [-0.4, -0.2) is 60.4 Å². The van der Waals surface area contributed by atoms with E-state index in [4.69, 9.17) is 30.4 Å². The van der Waals surface area contributed by atoms with Crippen molar-refractivity contribution in [2.75, 3.05) is 0 Å². The minimum absolute atomic E-state index is 0.0283. The molecule has 13 atom stereocenters. The van der Waals surface area contributed by atoms with Gasteiger partial charge in [-0.1, -0.05) is 0 Å². The summed E-state index contributed by atoms with van der Waals surface area (Å²) < 4.78 is 22.5. The SMILES string of the molecule is CC(=O)OC1CC2(C[C@@H]1OC(C)=O)[C@@H]1CC(C3CCC(C4(C(C)N)CC(OC(C)=O)[C@H](OC(C)=O)C4)C3)[C@@H](C1)[C@@H]2N. The molecule has 230 valence electrons. The van der Waals surface area contributed by atoms with Gasteiger partial charge in [-0.15, -0.1) is 0 Å². The van der Waals surface area contributed by atoms with Crippen molar-refractivity contribution in [1.29, 1.82) is 0 Å². The third-order valence-electron chi connectivity index (χ3n) is 11.8. The fourth-order valence-electron chi connectivity index (χ4n) is 10.3. The third kappa shape index (κ3) is 5.39. The summed E-state index contributed by atoms with van der Waals surface area (Å²) in [7, 11) is 0. The maximum atomic E-state index is 11.9. The van der Waals surface area contributed by atoms with Crippen molar-refractivity contribution in [2.45, 2.75) is 129 Å². The highest BCUT2D eigenvalue weighted by atomic mass is 16.6. The molecule has 10 heteroatoms. The Morgan fingerprint density at radius 1 is 0.659 bits per heavy atom. The van der Waals surface area contributed by atoms with Crippen LogP contribution in [0.5, 0.6) is 0 Å². The molecule has 2 bridgehead atoms. The highest BCUT2D eigenvalue weighted by molar-refractivity contribution is 5.68. The van der Waals surface area contributed by atoms with Crippen LogP contribution in [-0.2, 0) is 38.1 Å². The highest BCUT2D eigenvalue weighted by Gasteiger charge is 2.66. The summed E-state index contributed by atoms with van der Waals surface area (Å²) in [4.78, 5) is 47.3. The van der Waals surface area contributed by atoms with E-state index >= 15 is 0 Å². The Morgan fingerprint density at radius 2 is 1.10 bits per heavy atom. The van der Waals surface area contributed by atoms with Gasteiger partial charge in [0.15, 0.2) is 0 Å². The largest absolute Gasteiger partial charge is 0.459 e. The van der Waals surface area contributed by atoms with Crippen molar-refractivity contribution in [3.63, 3.8) is 0 Å². The van der Waals surface area contributed by atoms with Crippen LogP contribution in [0.1, 0.15) is 92.4 Å². The molecule has 41 heavy (non-hydrogen) atoms. The smallest absolute Gasteiger partial charge is 0.303 e. The first-order valence-electron chi connectivity index (χ1n) is 15.5. The number of hydrogen-bond acceptors (Lipinski definition) is 10. The lowest BCUT2D eigenvalue weighted by atomic mass is 9.62. The van der Waals surface area contributed by atoms with Crippen molar-refractivity contribution in [3.8, 4) is 0 Å². The summed E-state index contributed by atoms with van der Waals surface area (Å²) in [5, 5.41) is 0. The van der Waals surface area contributed by atoms with Crippen molar-refractivity contribution >= 4 is 23.9 Å². The fraction of sp³-hybridized carbons (Fsp3) is 0.871. The zero-order valence-electron chi connectivity index (χ0n) is 25.1. The summed E-state index contributed by atoms with van der Waals surface area (Å²) in [6, 6.07) is -0.162. The molecule has 5 rings (SSSR count). The topological polar surface area (TPSA) is 157 Å². The van der Waals surface area contributed by atoms with Gasteiger partial charge in [-0.2, -0.15) is 0 Å². The van der Waals surface area contributed by atoms with Crippen molar-refractivity contribution in [1.82, 2.24) is 0 Å². The highest BCUT2D eigenvalue weighted by Crippen LogP contribution is 2.67. The molecule has 0 amide bonds. The number of ether oxygens (including phenoxy) is 4. The van der Waals surface area contributed by atoms with Crippen LogP contribution in [0.3, 0.4) is 0 Å². The number of esters is 4. The maximum Gasteiger partial charge on any atom is 0.303 e. The Hall–Kier alpha value is -2.20. The van der Waals surface area contributed by atoms with E-state index in [2.05, 4.69) is 0 Å². The molecule has 5 aliphatic carbocycles. The first kappa shape index (κ1) is 30.3. The van der Waals surface area contributed by atoms with E-state index in [1.165, 1.54) is 27.7 Å². The Balaban J connectivity index is 1.29. The van der Waals surface area contributed by atoms with E-state index in [0.717, 1.165) is 32.1 Å². The Bertz CT molecular complexity index is 1010. The zero-order valence-corrected chi connectivity index (χ0v) is 25.1. The quantitative estimate of drug-likeness (QED) is 0.341. The van der Waals surface area contributed by atoms with Crippen LogP contribution in [0.2, 0.25) is 0 Å². The summed E-state index contributed by atoms with van der Waals surface area (Å²) in [6.45, 7) is 7.60. The molecule has 0 radical (unpaired) electrons. The third-order valence-corrected chi connectivity index (χ3v) is 11.8. The fourth-order valence-corrected chi connectivity index (χ4v) is 10.3. The van der Waals surface area contributed by atoms with Gasteiger partial charge in [-0.25, -0.2) is 0 Å². The van der Waals surface area contributed by atoms with Gasteiger partial charge in [-0.05, 0) is 105 Å². The van der Waals surface area contributed by atoms with Crippen LogP contribution in [0, 0.1) is 40.4 Å². The van der Waals surface area contributed by atoms with Gasteiger partial charge in [0.05, 0.1) is 0 Å². The zero-order chi connectivity index (χ0) is 29.9. The van der Waals surface area contributed by atoms with Gasteiger partial charge < -0.3 is 30.4 Å². The Labute approximate surface area is 242 Å². The number of nitrogens with two attached hydrogens (primary N) is 2. The molecule has 0 aromatic rings. The molecular weight excluding hydrogens is 528 g/mol. The number of fused-ring (bicyclic) bond motifs is 3. The van der Waals surface area contributed by atoms with Crippen LogP contribution in [0.25, 0.3) is 0 Å². The van der Waals surface area contributed by atoms with Crippen LogP contribution in [0.4, 0.5) is 0 Å². The van der Waals surface area contributed by atoms with Gasteiger partial charge in [-0.3, -0.25) is 19.2 Å². The second-order valence-electron chi connectivity index (χ2n) is 14.0. The molecule has 8 unspecified atom stereocenters. The molecule has 1 spiro atoms. The first-order valence-corrected chi connectivity index (χ1v) is 15.5. The summed E-state index contributed by atoms with van der Waals surface area (Å²) in [5.41, 5.74) is 13.3. The summed E-state index contributed by atoms with van der Waals surface area (Å²) >= 11 is 0. The molecule has 0 heterocycles. The van der Waals surface area contributed by atoms with Gasteiger partial charge >= 0.3 is 23.9 Å². The van der Waals surface area contributed by atoms with Crippen LogP contribution in [0.15, 0.2) is 0 Å². The van der Waals surface area contributed by atoms with Gasteiger partial charge in [0, 0.05) is 39.8 Å². The average Bonchev–Trinajstić information content (AvgIpc) is 3.65. The number of hydrogen-bond donors (Lipinski definition) is 2. The second kappa shape index (κ2) is 11.1.